The third-order valence-corrected chi connectivity index (χ3v) is 1.78. The first-order chi connectivity index (χ1) is 6.63. The summed E-state index contributed by atoms with van der Waals surface area (Å²) in [4.78, 5) is 10.2. The second kappa shape index (κ2) is 4.44. The molecular formula is C9H11N3O2. The maximum absolute atomic E-state index is 10.2. The highest BCUT2D eigenvalue weighted by Gasteiger charge is 2.02. The van der Waals surface area contributed by atoms with Gasteiger partial charge in [0, 0.05) is 19.8 Å². The third-order valence-electron chi connectivity index (χ3n) is 1.78. The molecule has 0 radical (unpaired) electrons. The Labute approximate surface area is 81.6 Å². The molecule has 5 nitrogen and oxygen atoms in total. The van der Waals surface area contributed by atoms with E-state index in [0.717, 1.165) is 5.56 Å². The van der Waals surface area contributed by atoms with Gasteiger partial charge in [-0.3, -0.25) is 4.79 Å². The summed E-state index contributed by atoms with van der Waals surface area (Å²) in [5.74, 6) is -0.888. The van der Waals surface area contributed by atoms with Crippen molar-refractivity contribution in [1.82, 2.24) is 9.88 Å². The van der Waals surface area contributed by atoms with Gasteiger partial charge in [-0.15, -0.1) is 0 Å². The number of aromatic nitrogens is 1. The molecule has 1 aromatic heterocycles. The fourth-order valence-corrected chi connectivity index (χ4v) is 1.15. The standard InChI is InChI=1S/C9H11N3O2/c1-12-6-7(2-8(12)3-10)4-11-5-9(13)14/h2,6,11H,4-5H2,1H3,(H,13,14). The number of nitriles is 1. The number of nitrogens with one attached hydrogen (secondary N) is 1. The number of nitrogens with zero attached hydrogens (tertiary/aromatic N) is 2. The van der Waals surface area contributed by atoms with Gasteiger partial charge >= 0.3 is 5.97 Å². The Hall–Kier alpha value is -1.80. The van der Waals surface area contributed by atoms with Gasteiger partial charge in [-0.25, -0.2) is 0 Å². The highest BCUT2D eigenvalue weighted by atomic mass is 16.4. The lowest BCUT2D eigenvalue weighted by molar-refractivity contribution is -0.135. The van der Waals surface area contributed by atoms with Crippen LogP contribution in [0, 0.1) is 11.3 Å². The number of carboxylic acids is 1. The Balaban J connectivity index is 2.52. The van der Waals surface area contributed by atoms with Gasteiger partial charge in [0.1, 0.15) is 11.8 Å². The van der Waals surface area contributed by atoms with Crippen molar-refractivity contribution in [2.45, 2.75) is 6.54 Å². The zero-order valence-electron chi connectivity index (χ0n) is 7.82. The number of rotatable bonds is 4. The lowest BCUT2D eigenvalue weighted by Crippen LogP contribution is -2.21. The third kappa shape index (κ3) is 2.61. The molecule has 0 aliphatic carbocycles. The summed E-state index contributed by atoms with van der Waals surface area (Å²) in [6.45, 7) is 0.388. The minimum atomic E-state index is -0.888. The molecule has 0 aliphatic heterocycles. The van der Waals surface area contributed by atoms with E-state index in [-0.39, 0.29) is 6.54 Å². The van der Waals surface area contributed by atoms with Crippen LogP contribution in [-0.2, 0) is 18.4 Å². The molecule has 0 atom stereocenters. The van der Waals surface area contributed by atoms with Crippen molar-refractivity contribution in [3.8, 4) is 6.07 Å². The van der Waals surface area contributed by atoms with Crippen molar-refractivity contribution in [1.29, 1.82) is 5.26 Å². The minimum absolute atomic E-state index is 0.0726. The molecule has 0 saturated heterocycles. The average molecular weight is 193 g/mol. The van der Waals surface area contributed by atoms with Gasteiger partial charge in [-0.2, -0.15) is 5.26 Å². The molecule has 0 amide bonds. The van der Waals surface area contributed by atoms with E-state index in [1.165, 1.54) is 0 Å². The van der Waals surface area contributed by atoms with Crippen molar-refractivity contribution in [2.75, 3.05) is 6.54 Å². The van der Waals surface area contributed by atoms with Gasteiger partial charge in [0.25, 0.3) is 0 Å². The molecule has 74 valence electrons. The van der Waals surface area contributed by atoms with E-state index in [0.29, 0.717) is 12.2 Å². The fraction of sp³-hybridized carbons (Fsp3) is 0.333. The highest BCUT2D eigenvalue weighted by Crippen LogP contribution is 2.05. The van der Waals surface area contributed by atoms with Gasteiger partial charge in [0.2, 0.25) is 0 Å². The molecule has 0 spiro atoms. The Kier molecular flexibility index (Phi) is 3.26. The van der Waals surface area contributed by atoms with Crippen LogP contribution in [0.15, 0.2) is 12.3 Å². The number of carboxylic acid groups (broad SMARTS) is 1. The summed E-state index contributed by atoms with van der Waals surface area (Å²) in [6, 6.07) is 3.76. The normalized spacial score (nSPS) is 9.71. The van der Waals surface area contributed by atoms with Crippen LogP contribution in [0.25, 0.3) is 0 Å². The van der Waals surface area contributed by atoms with E-state index < -0.39 is 5.97 Å². The van der Waals surface area contributed by atoms with Gasteiger partial charge in [0.15, 0.2) is 0 Å². The van der Waals surface area contributed by atoms with E-state index in [9.17, 15) is 4.79 Å². The van der Waals surface area contributed by atoms with E-state index in [2.05, 4.69) is 5.32 Å². The predicted molar refractivity (Wildman–Crippen MR) is 49.5 cm³/mol. The molecule has 5 heteroatoms. The number of aryl methyl sites for hydroxylation is 1. The molecule has 1 aromatic rings. The van der Waals surface area contributed by atoms with Crippen molar-refractivity contribution >= 4 is 5.97 Å². The van der Waals surface area contributed by atoms with Crippen LogP contribution >= 0.6 is 0 Å². The zero-order chi connectivity index (χ0) is 10.6. The molecule has 14 heavy (non-hydrogen) atoms. The van der Waals surface area contributed by atoms with Gasteiger partial charge < -0.3 is 15.0 Å². The first-order valence-corrected chi connectivity index (χ1v) is 4.11. The zero-order valence-corrected chi connectivity index (χ0v) is 7.82. The van der Waals surface area contributed by atoms with Gasteiger partial charge in [-0.1, -0.05) is 0 Å². The van der Waals surface area contributed by atoms with Crippen LogP contribution in [-0.4, -0.2) is 22.2 Å². The second-order valence-corrected chi connectivity index (χ2v) is 2.95. The topological polar surface area (TPSA) is 78.1 Å². The molecule has 0 unspecified atom stereocenters. The Morgan fingerprint density at radius 2 is 2.50 bits per heavy atom. The number of aliphatic carboxylic acids is 1. The van der Waals surface area contributed by atoms with E-state index in [1.54, 1.807) is 23.9 Å². The molecule has 0 aromatic carbocycles. The molecule has 2 N–H and O–H groups in total. The van der Waals surface area contributed by atoms with Crippen LogP contribution in [0.3, 0.4) is 0 Å². The number of hydrogen-bond donors (Lipinski definition) is 2. The van der Waals surface area contributed by atoms with Crippen molar-refractivity contribution in [2.24, 2.45) is 7.05 Å². The molecular weight excluding hydrogens is 182 g/mol. The van der Waals surface area contributed by atoms with Gasteiger partial charge in [-0.05, 0) is 11.6 Å². The first kappa shape index (κ1) is 10.3. The fourth-order valence-electron chi connectivity index (χ4n) is 1.15. The summed E-state index contributed by atoms with van der Waals surface area (Å²) in [6.07, 6.45) is 1.80. The van der Waals surface area contributed by atoms with Crippen LogP contribution in [0.1, 0.15) is 11.3 Å². The van der Waals surface area contributed by atoms with Crippen LogP contribution < -0.4 is 5.32 Å². The smallest absolute Gasteiger partial charge is 0.317 e. The first-order valence-electron chi connectivity index (χ1n) is 4.11. The predicted octanol–water partition coefficient (Wildman–Crippen LogP) is 0.0710. The molecule has 1 rings (SSSR count). The summed E-state index contributed by atoms with van der Waals surface area (Å²) in [5, 5.41) is 19.8. The monoisotopic (exact) mass is 193 g/mol. The second-order valence-electron chi connectivity index (χ2n) is 2.95. The maximum atomic E-state index is 10.2. The maximum Gasteiger partial charge on any atom is 0.317 e. The largest absolute Gasteiger partial charge is 0.480 e. The summed E-state index contributed by atoms with van der Waals surface area (Å²) in [5.41, 5.74) is 1.47. The minimum Gasteiger partial charge on any atom is -0.480 e. The Morgan fingerprint density at radius 3 is 3.00 bits per heavy atom. The summed E-state index contributed by atoms with van der Waals surface area (Å²) >= 11 is 0. The van der Waals surface area contributed by atoms with E-state index in [4.69, 9.17) is 10.4 Å². The Bertz CT molecular complexity index is 376. The lowest BCUT2D eigenvalue weighted by Gasteiger charge is -1.97. The van der Waals surface area contributed by atoms with Crippen LogP contribution in [0.2, 0.25) is 0 Å². The summed E-state index contributed by atoms with van der Waals surface area (Å²) in [7, 11) is 1.78. The van der Waals surface area contributed by atoms with E-state index >= 15 is 0 Å². The number of carbonyl (C=O) groups is 1. The molecule has 0 bridgehead atoms. The molecule has 0 fully saturated rings. The molecule has 0 saturated carbocycles. The lowest BCUT2D eigenvalue weighted by atomic mass is 10.3. The van der Waals surface area contributed by atoms with Crippen molar-refractivity contribution in [3.05, 3.63) is 23.5 Å². The van der Waals surface area contributed by atoms with E-state index in [1.807, 2.05) is 6.07 Å². The number of hydrogen-bond acceptors (Lipinski definition) is 3. The average Bonchev–Trinajstić information content (AvgIpc) is 2.45. The van der Waals surface area contributed by atoms with Crippen LogP contribution in [0.4, 0.5) is 0 Å². The SMILES string of the molecule is Cn1cc(CNCC(=O)O)cc1C#N. The Morgan fingerprint density at radius 1 is 1.79 bits per heavy atom. The quantitative estimate of drug-likeness (QED) is 0.709. The van der Waals surface area contributed by atoms with Gasteiger partial charge in [0.05, 0.1) is 6.54 Å². The summed E-state index contributed by atoms with van der Waals surface area (Å²) < 4.78 is 1.71. The van der Waals surface area contributed by atoms with Crippen molar-refractivity contribution in [3.63, 3.8) is 0 Å². The van der Waals surface area contributed by atoms with Crippen molar-refractivity contribution < 1.29 is 9.90 Å². The molecule has 0 aliphatic rings. The van der Waals surface area contributed by atoms with Crippen LogP contribution in [0.5, 0.6) is 0 Å². The highest BCUT2D eigenvalue weighted by molar-refractivity contribution is 5.68. The molecule has 1 heterocycles.